The van der Waals surface area contributed by atoms with Crippen molar-refractivity contribution < 1.29 is 4.79 Å². The van der Waals surface area contributed by atoms with Gasteiger partial charge in [0.05, 0.1) is 6.20 Å². The van der Waals surface area contributed by atoms with Gasteiger partial charge in [0.2, 0.25) is 0 Å². The summed E-state index contributed by atoms with van der Waals surface area (Å²) in [6, 6.07) is 2.64. The van der Waals surface area contributed by atoms with Crippen LogP contribution in [0.15, 0.2) is 29.2 Å². The molecule has 2 amide bonds. The van der Waals surface area contributed by atoms with E-state index in [1.54, 1.807) is 22.2 Å². The van der Waals surface area contributed by atoms with E-state index in [0.717, 1.165) is 39.1 Å². The number of hydrogen-bond donors (Lipinski definition) is 1. The van der Waals surface area contributed by atoms with Gasteiger partial charge in [0.15, 0.2) is 0 Å². The molecule has 3 heterocycles. The minimum atomic E-state index is 0.0384. The summed E-state index contributed by atoms with van der Waals surface area (Å²) < 4.78 is 1.77. The Morgan fingerprint density at radius 2 is 2.21 bits per heavy atom. The van der Waals surface area contributed by atoms with Crippen molar-refractivity contribution in [2.45, 2.75) is 25.9 Å². The molecule has 130 valence electrons. The van der Waals surface area contributed by atoms with Crippen molar-refractivity contribution in [1.82, 2.24) is 30.1 Å². The third-order valence-electron chi connectivity index (χ3n) is 4.49. The highest BCUT2D eigenvalue weighted by Crippen LogP contribution is 2.23. The molecule has 0 bridgehead atoms. The Morgan fingerprint density at radius 1 is 1.38 bits per heavy atom. The van der Waals surface area contributed by atoms with Gasteiger partial charge >= 0.3 is 6.03 Å². The number of nitrogens with one attached hydrogen (secondary N) is 1. The molecule has 8 heteroatoms. The summed E-state index contributed by atoms with van der Waals surface area (Å²) in [6.45, 7) is 7.07. The topological polar surface area (TPSA) is 66.3 Å². The van der Waals surface area contributed by atoms with Gasteiger partial charge in [0, 0.05) is 51.5 Å². The van der Waals surface area contributed by atoms with E-state index < -0.39 is 0 Å². The number of amides is 2. The molecule has 0 saturated carbocycles. The molecule has 7 nitrogen and oxygen atoms in total. The molecule has 0 aliphatic carbocycles. The Kier molecular flexibility index (Phi) is 5.81. The van der Waals surface area contributed by atoms with Crippen LogP contribution in [-0.2, 0) is 6.54 Å². The smallest absolute Gasteiger partial charge is 0.317 e. The first-order chi connectivity index (χ1) is 11.7. The van der Waals surface area contributed by atoms with E-state index in [0.29, 0.717) is 12.6 Å². The van der Waals surface area contributed by atoms with Crippen LogP contribution in [0.3, 0.4) is 0 Å². The van der Waals surface area contributed by atoms with Crippen molar-refractivity contribution in [3.05, 3.63) is 34.8 Å². The number of nitrogens with zero attached hydrogens (tertiary/aromatic N) is 5. The van der Waals surface area contributed by atoms with Gasteiger partial charge in [0.1, 0.15) is 0 Å². The van der Waals surface area contributed by atoms with E-state index in [2.05, 4.69) is 44.3 Å². The molecule has 0 aromatic carbocycles. The van der Waals surface area contributed by atoms with Crippen molar-refractivity contribution in [3.63, 3.8) is 0 Å². The lowest BCUT2D eigenvalue weighted by Gasteiger charge is -2.37. The van der Waals surface area contributed by atoms with Gasteiger partial charge in [0.25, 0.3) is 0 Å². The zero-order valence-electron chi connectivity index (χ0n) is 14.0. The van der Waals surface area contributed by atoms with Gasteiger partial charge in [-0.3, -0.25) is 9.58 Å². The molecule has 1 atom stereocenters. The SMILES string of the molecule is C[C@@H](c1ccsc1)N1CCN(C(=O)NCCCn2ccnn2)CC1. The van der Waals surface area contributed by atoms with Gasteiger partial charge in [-0.1, -0.05) is 5.21 Å². The second-order valence-electron chi connectivity index (χ2n) is 6.01. The molecule has 24 heavy (non-hydrogen) atoms. The summed E-state index contributed by atoms with van der Waals surface area (Å²) in [5, 5.41) is 15.0. The lowest BCUT2D eigenvalue weighted by Crippen LogP contribution is -2.52. The summed E-state index contributed by atoms with van der Waals surface area (Å²) in [6.07, 6.45) is 4.34. The number of aromatic nitrogens is 3. The Labute approximate surface area is 146 Å². The van der Waals surface area contributed by atoms with Gasteiger partial charge in [-0.2, -0.15) is 11.3 Å². The molecule has 1 fully saturated rings. The van der Waals surface area contributed by atoms with E-state index in [1.807, 2.05) is 11.1 Å². The average molecular weight is 348 g/mol. The van der Waals surface area contributed by atoms with E-state index in [-0.39, 0.29) is 6.03 Å². The minimum absolute atomic E-state index is 0.0384. The van der Waals surface area contributed by atoms with Crippen molar-refractivity contribution in [2.24, 2.45) is 0 Å². The third-order valence-corrected chi connectivity index (χ3v) is 5.19. The number of carbonyl (C=O) groups is 1. The normalized spacial score (nSPS) is 17.0. The van der Waals surface area contributed by atoms with Gasteiger partial charge in [-0.15, -0.1) is 5.10 Å². The molecule has 0 radical (unpaired) electrons. The number of thiophene rings is 1. The Morgan fingerprint density at radius 3 is 2.88 bits per heavy atom. The maximum absolute atomic E-state index is 12.2. The molecule has 2 aromatic rings. The summed E-state index contributed by atoms with van der Waals surface area (Å²) in [7, 11) is 0. The maximum atomic E-state index is 12.2. The number of carbonyl (C=O) groups excluding carboxylic acids is 1. The van der Waals surface area contributed by atoms with E-state index >= 15 is 0 Å². The lowest BCUT2D eigenvalue weighted by molar-refractivity contribution is 0.114. The fourth-order valence-electron chi connectivity index (χ4n) is 2.94. The number of hydrogen-bond acceptors (Lipinski definition) is 5. The van der Waals surface area contributed by atoms with E-state index in [1.165, 1.54) is 5.56 Å². The average Bonchev–Trinajstić information content (AvgIpc) is 3.31. The molecular weight excluding hydrogens is 324 g/mol. The molecule has 1 aliphatic heterocycles. The zero-order valence-corrected chi connectivity index (χ0v) is 14.8. The van der Waals surface area contributed by atoms with Crippen LogP contribution in [0.4, 0.5) is 4.79 Å². The molecule has 3 rings (SSSR count). The van der Waals surface area contributed by atoms with Crippen LogP contribution in [-0.4, -0.2) is 63.5 Å². The van der Waals surface area contributed by atoms with Gasteiger partial charge in [-0.25, -0.2) is 4.79 Å². The molecule has 1 saturated heterocycles. The van der Waals surface area contributed by atoms with Crippen LogP contribution in [0.5, 0.6) is 0 Å². The minimum Gasteiger partial charge on any atom is -0.338 e. The molecule has 2 aromatic heterocycles. The highest BCUT2D eigenvalue weighted by molar-refractivity contribution is 7.07. The monoisotopic (exact) mass is 348 g/mol. The van der Waals surface area contributed by atoms with Crippen LogP contribution in [0.2, 0.25) is 0 Å². The van der Waals surface area contributed by atoms with Crippen LogP contribution in [0.1, 0.15) is 24.9 Å². The Bertz CT molecular complexity index is 607. The van der Waals surface area contributed by atoms with Crippen LogP contribution >= 0.6 is 11.3 Å². The molecule has 1 N–H and O–H groups in total. The zero-order chi connectivity index (χ0) is 16.8. The quantitative estimate of drug-likeness (QED) is 0.809. The Hall–Kier alpha value is -1.93. The fraction of sp³-hybridized carbons (Fsp3) is 0.562. The predicted molar refractivity (Wildman–Crippen MR) is 93.9 cm³/mol. The highest BCUT2D eigenvalue weighted by atomic mass is 32.1. The standard InChI is InChI=1S/C16H24N6OS/c1-14(15-3-12-24-13-15)20-8-10-21(11-9-20)16(23)17-4-2-6-22-7-5-18-19-22/h3,5,7,12-14H,2,4,6,8-11H2,1H3,(H,17,23)/t14-/m0/s1. The number of urea groups is 1. The van der Waals surface area contributed by atoms with Gasteiger partial charge < -0.3 is 10.2 Å². The van der Waals surface area contributed by atoms with Gasteiger partial charge in [-0.05, 0) is 35.7 Å². The largest absolute Gasteiger partial charge is 0.338 e. The summed E-state index contributed by atoms with van der Waals surface area (Å²) >= 11 is 1.74. The first-order valence-corrected chi connectivity index (χ1v) is 9.31. The van der Waals surface area contributed by atoms with E-state index in [4.69, 9.17) is 0 Å². The van der Waals surface area contributed by atoms with Crippen molar-refractivity contribution >= 4 is 17.4 Å². The second kappa shape index (κ2) is 8.25. The van der Waals surface area contributed by atoms with Crippen LogP contribution < -0.4 is 5.32 Å². The van der Waals surface area contributed by atoms with Crippen molar-refractivity contribution in [3.8, 4) is 0 Å². The summed E-state index contributed by atoms with van der Waals surface area (Å²) in [5.74, 6) is 0. The van der Waals surface area contributed by atoms with Crippen LogP contribution in [0.25, 0.3) is 0 Å². The fourth-order valence-corrected chi connectivity index (χ4v) is 3.68. The van der Waals surface area contributed by atoms with Crippen molar-refractivity contribution in [2.75, 3.05) is 32.7 Å². The van der Waals surface area contributed by atoms with Crippen LogP contribution in [0, 0.1) is 0 Å². The maximum Gasteiger partial charge on any atom is 0.317 e. The van der Waals surface area contributed by atoms with E-state index in [9.17, 15) is 4.79 Å². The summed E-state index contributed by atoms with van der Waals surface area (Å²) in [4.78, 5) is 16.6. The first kappa shape index (κ1) is 16.9. The highest BCUT2D eigenvalue weighted by Gasteiger charge is 2.24. The molecule has 0 spiro atoms. The Balaban J connectivity index is 1.35. The number of aryl methyl sites for hydroxylation is 1. The summed E-state index contributed by atoms with van der Waals surface area (Å²) in [5.41, 5.74) is 1.37. The molecule has 1 aliphatic rings. The molecule has 0 unspecified atom stereocenters. The predicted octanol–water partition coefficient (Wildman–Crippen LogP) is 1.82. The number of piperazine rings is 1. The lowest BCUT2D eigenvalue weighted by atomic mass is 10.1. The first-order valence-electron chi connectivity index (χ1n) is 8.37. The molecular formula is C16H24N6OS. The third kappa shape index (κ3) is 4.33. The van der Waals surface area contributed by atoms with Crippen molar-refractivity contribution in [1.29, 1.82) is 0 Å². The second-order valence-corrected chi connectivity index (χ2v) is 6.79. The number of rotatable bonds is 6.